The highest BCUT2D eigenvalue weighted by Crippen LogP contribution is 2.27. The van der Waals surface area contributed by atoms with Gasteiger partial charge in [-0.1, -0.05) is 26.8 Å². The molecule has 0 spiro atoms. The van der Waals surface area contributed by atoms with Crippen LogP contribution in [0.2, 0.25) is 0 Å². The van der Waals surface area contributed by atoms with Crippen LogP contribution in [0.3, 0.4) is 0 Å². The number of thioether (sulfide) groups is 1. The van der Waals surface area contributed by atoms with Gasteiger partial charge in [-0.15, -0.1) is 11.8 Å². The van der Waals surface area contributed by atoms with E-state index in [0.29, 0.717) is 24.1 Å². The summed E-state index contributed by atoms with van der Waals surface area (Å²) in [6.45, 7) is 5.93. The Morgan fingerprint density at radius 2 is 2.22 bits per heavy atom. The highest BCUT2D eigenvalue weighted by atomic mass is 32.2. The van der Waals surface area contributed by atoms with Gasteiger partial charge < -0.3 is 15.0 Å². The largest absolute Gasteiger partial charge is 0.481 e. The number of hydrogen-bond donors (Lipinski definition) is 1. The molecule has 2 rings (SSSR count). The van der Waals surface area contributed by atoms with Gasteiger partial charge in [0.25, 0.3) is 0 Å². The fraction of sp³-hybridized carbons (Fsp3) is 0.562. The minimum atomic E-state index is -0.490. The summed E-state index contributed by atoms with van der Waals surface area (Å²) >= 11 is 1.60. The van der Waals surface area contributed by atoms with Crippen LogP contribution in [0, 0.1) is 5.41 Å². The Bertz CT molecular complexity index is 586. The Hall–Kier alpha value is -1.76. The van der Waals surface area contributed by atoms with E-state index in [1.807, 2.05) is 26.8 Å². The van der Waals surface area contributed by atoms with Gasteiger partial charge in [0.05, 0.1) is 13.0 Å². The third-order valence-corrected chi connectivity index (χ3v) is 4.60. The lowest BCUT2D eigenvalue weighted by molar-refractivity contribution is -0.144. The van der Waals surface area contributed by atoms with Gasteiger partial charge in [-0.2, -0.15) is 0 Å². The van der Waals surface area contributed by atoms with Crippen molar-refractivity contribution in [2.45, 2.75) is 33.4 Å². The maximum Gasteiger partial charge on any atom is 0.243 e. The Balaban J connectivity index is 2.01. The number of amides is 2. The number of carbonyl (C=O) groups is 2. The van der Waals surface area contributed by atoms with Crippen LogP contribution in [0.5, 0.6) is 5.88 Å². The minimum Gasteiger partial charge on any atom is -0.481 e. The predicted octanol–water partition coefficient (Wildman–Crippen LogP) is 1.65. The zero-order chi connectivity index (χ0) is 17.0. The van der Waals surface area contributed by atoms with Gasteiger partial charge in [0.1, 0.15) is 6.04 Å². The fourth-order valence-electron chi connectivity index (χ4n) is 2.33. The van der Waals surface area contributed by atoms with Gasteiger partial charge in [0, 0.05) is 29.5 Å². The van der Waals surface area contributed by atoms with E-state index in [4.69, 9.17) is 4.74 Å². The summed E-state index contributed by atoms with van der Waals surface area (Å²) in [6.07, 6.45) is 1.64. The summed E-state index contributed by atoms with van der Waals surface area (Å²) in [5, 5.41) is 2.89. The summed E-state index contributed by atoms with van der Waals surface area (Å²) in [5.74, 6) is 1.54. The lowest BCUT2D eigenvalue weighted by atomic mass is 9.94. The molecule has 0 aromatic carbocycles. The first-order valence-corrected chi connectivity index (χ1v) is 8.64. The second-order valence-electron chi connectivity index (χ2n) is 6.43. The average Bonchev–Trinajstić information content (AvgIpc) is 3.00. The smallest absolute Gasteiger partial charge is 0.243 e. The third kappa shape index (κ3) is 4.16. The second kappa shape index (κ2) is 7.21. The molecule has 23 heavy (non-hydrogen) atoms. The number of pyridine rings is 1. The Labute approximate surface area is 141 Å². The van der Waals surface area contributed by atoms with Crippen molar-refractivity contribution in [2.75, 3.05) is 18.7 Å². The van der Waals surface area contributed by atoms with E-state index in [1.54, 1.807) is 36.0 Å². The van der Waals surface area contributed by atoms with E-state index >= 15 is 0 Å². The van der Waals surface area contributed by atoms with Crippen molar-refractivity contribution >= 4 is 23.6 Å². The van der Waals surface area contributed by atoms with Crippen LogP contribution in [-0.4, -0.2) is 46.5 Å². The molecule has 126 valence electrons. The number of rotatable bonds is 4. The van der Waals surface area contributed by atoms with Crippen LogP contribution in [0.4, 0.5) is 0 Å². The third-order valence-electron chi connectivity index (χ3n) is 3.58. The molecule has 1 aliphatic rings. The molecule has 0 bridgehead atoms. The van der Waals surface area contributed by atoms with Crippen LogP contribution >= 0.6 is 11.8 Å². The molecule has 1 aromatic rings. The van der Waals surface area contributed by atoms with Crippen molar-refractivity contribution in [3.05, 3.63) is 23.9 Å². The molecule has 1 aliphatic heterocycles. The van der Waals surface area contributed by atoms with Crippen LogP contribution in [0.25, 0.3) is 0 Å². The van der Waals surface area contributed by atoms with E-state index in [-0.39, 0.29) is 11.8 Å². The number of nitrogens with one attached hydrogen (secondary N) is 1. The first kappa shape index (κ1) is 17.6. The molecule has 1 atom stereocenters. The zero-order valence-electron chi connectivity index (χ0n) is 14.0. The van der Waals surface area contributed by atoms with E-state index in [9.17, 15) is 9.59 Å². The summed E-state index contributed by atoms with van der Waals surface area (Å²) in [5.41, 5.74) is 0.318. The number of methoxy groups -OCH3 is 1. The van der Waals surface area contributed by atoms with E-state index in [1.165, 1.54) is 0 Å². The molecule has 7 heteroatoms. The van der Waals surface area contributed by atoms with Crippen molar-refractivity contribution in [2.24, 2.45) is 5.41 Å². The maximum absolute atomic E-state index is 12.5. The lowest BCUT2D eigenvalue weighted by Crippen LogP contribution is -2.50. The number of nitrogens with zero attached hydrogens (tertiary/aromatic N) is 2. The first-order chi connectivity index (χ1) is 10.8. The van der Waals surface area contributed by atoms with Crippen molar-refractivity contribution in [3.63, 3.8) is 0 Å². The fourth-order valence-corrected chi connectivity index (χ4v) is 3.49. The van der Waals surface area contributed by atoms with Gasteiger partial charge in [-0.25, -0.2) is 4.98 Å². The Kier molecular flexibility index (Phi) is 5.51. The van der Waals surface area contributed by atoms with Gasteiger partial charge in [-0.05, 0) is 6.07 Å². The van der Waals surface area contributed by atoms with Crippen molar-refractivity contribution in [1.29, 1.82) is 0 Å². The van der Waals surface area contributed by atoms with Crippen LogP contribution in [0.15, 0.2) is 18.3 Å². The first-order valence-electron chi connectivity index (χ1n) is 7.49. The molecule has 0 unspecified atom stereocenters. The van der Waals surface area contributed by atoms with Crippen molar-refractivity contribution < 1.29 is 14.3 Å². The molecular formula is C16H23N3O3S. The minimum absolute atomic E-state index is 0.00149. The molecule has 0 radical (unpaired) electrons. The van der Waals surface area contributed by atoms with Gasteiger partial charge in [0.15, 0.2) is 0 Å². The normalized spacial score (nSPS) is 17.9. The van der Waals surface area contributed by atoms with Crippen LogP contribution in [-0.2, 0) is 16.1 Å². The predicted molar refractivity (Wildman–Crippen MR) is 90.0 cm³/mol. The van der Waals surface area contributed by atoms with Crippen molar-refractivity contribution in [1.82, 2.24) is 15.2 Å². The zero-order valence-corrected chi connectivity index (χ0v) is 14.8. The molecule has 6 nitrogen and oxygen atoms in total. The molecule has 2 heterocycles. The molecular weight excluding hydrogens is 314 g/mol. The molecule has 1 fully saturated rings. The molecule has 1 saturated heterocycles. The number of hydrogen-bond acceptors (Lipinski definition) is 5. The molecule has 1 N–H and O–H groups in total. The summed E-state index contributed by atoms with van der Waals surface area (Å²) in [4.78, 5) is 30.7. The Morgan fingerprint density at radius 1 is 1.48 bits per heavy atom. The van der Waals surface area contributed by atoms with Gasteiger partial charge in [0.2, 0.25) is 17.7 Å². The number of aromatic nitrogens is 1. The second-order valence-corrected chi connectivity index (χ2v) is 7.43. The molecule has 2 amide bonds. The van der Waals surface area contributed by atoms with E-state index in [0.717, 1.165) is 5.56 Å². The average molecular weight is 337 g/mol. The molecule has 0 saturated carbocycles. The highest BCUT2D eigenvalue weighted by Gasteiger charge is 2.38. The topological polar surface area (TPSA) is 71.5 Å². The number of carbonyl (C=O) groups excluding carboxylic acids is 2. The van der Waals surface area contributed by atoms with E-state index in [2.05, 4.69) is 10.3 Å². The molecule has 0 aliphatic carbocycles. The number of ether oxygens (including phenoxy) is 1. The lowest BCUT2D eigenvalue weighted by Gasteiger charge is -2.29. The molecule has 1 aromatic heterocycles. The van der Waals surface area contributed by atoms with Crippen LogP contribution in [0.1, 0.15) is 26.3 Å². The summed E-state index contributed by atoms with van der Waals surface area (Å²) in [6, 6.07) is 3.23. The highest BCUT2D eigenvalue weighted by molar-refractivity contribution is 7.99. The Morgan fingerprint density at radius 3 is 2.87 bits per heavy atom. The van der Waals surface area contributed by atoms with Gasteiger partial charge >= 0.3 is 0 Å². The van der Waals surface area contributed by atoms with Crippen molar-refractivity contribution in [3.8, 4) is 5.88 Å². The van der Waals surface area contributed by atoms with E-state index < -0.39 is 11.5 Å². The quantitative estimate of drug-likeness (QED) is 0.905. The standard InChI is InChI=1S/C16H23N3O3S/c1-16(2,3)15(21)19-10-23-9-12(19)13(20)18-8-11-6-5-7-17-14(11)22-4/h5-7,12H,8-10H2,1-4H3,(H,18,20)/t12-/m0/s1. The summed E-state index contributed by atoms with van der Waals surface area (Å²) in [7, 11) is 1.55. The summed E-state index contributed by atoms with van der Waals surface area (Å²) < 4.78 is 5.18. The van der Waals surface area contributed by atoms with Crippen LogP contribution < -0.4 is 10.1 Å². The van der Waals surface area contributed by atoms with Gasteiger partial charge in [-0.3, -0.25) is 9.59 Å². The maximum atomic E-state index is 12.5. The SMILES string of the molecule is COc1ncccc1CNC(=O)[C@@H]1CSCN1C(=O)C(C)(C)C. The monoisotopic (exact) mass is 337 g/mol.